The fourth-order valence-electron chi connectivity index (χ4n) is 2.48. The van der Waals surface area contributed by atoms with Gasteiger partial charge in [0.25, 0.3) is 11.5 Å². The summed E-state index contributed by atoms with van der Waals surface area (Å²) < 4.78 is 6.62. The minimum Gasteiger partial charge on any atom is -0.306 e. The van der Waals surface area contributed by atoms with E-state index in [0.29, 0.717) is 33.1 Å². The van der Waals surface area contributed by atoms with Crippen LogP contribution in [0.2, 0.25) is 0 Å². The van der Waals surface area contributed by atoms with Gasteiger partial charge < -0.3 is 5.32 Å². The molecule has 4 aromatic rings. The van der Waals surface area contributed by atoms with Crippen molar-refractivity contribution in [3.8, 4) is 5.95 Å². The van der Waals surface area contributed by atoms with Gasteiger partial charge in [-0.25, -0.2) is 0 Å². The van der Waals surface area contributed by atoms with Crippen LogP contribution in [0.4, 0.5) is 5.82 Å². The lowest BCUT2D eigenvalue weighted by Gasteiger charge is -2.07. The van der Waals surface area contributed by atoms with Crippen LogP contribution in [-0.4, -0.2) is 45.0 Å². The van der Waals surface area contributed by atoms with Crippen molar-refractivity contribution >= 4 is 34.3 Å². The summed E-state index contributed by atoms with van der Waals surface area (Å²) in [5, 5.41) is 15.3. The average molecular weight is 371 g/mol. The molecule has 26 heavy (non-hydrogen) atoms. The Hall–Kier alpha value is -3.41. The Bertz CT molecular complexity index is 1200. The highest BCUT2D eigenvalue weighted by atomic mass is 32.1. The van der Waals surface area contributed by atoms with Crippen LogP contribution >= 0.6 is 11.5 Å². The summed E-state index contributed by atoms with van der Waals surface area (Å²) in [6.45, 7) is 3.47. The van der Waals surface area contributed by atoms with E-state index < -0.39 is 0 Å². The number of amides is 1. The molecule has 0 bridgehead atoms. The van der Waals surface area contributed by atoms with Gasteiger partial charge in [-0.05, 0) is 25.4 Å². The van der Waals surface area contributed by atoms with E-state index in [1.54, 1.807) is 27.0 Å². The molecule has 0 aromatic carbocycles. The maximum absolute atomic E-state index is 12.5. The number of aromatic nitrogens is 8. The predicted octanol–water partition coefficient (Wildman–Crippen LogP) is 0.563. The first-order chi connectivity index (χ1) is 12.4. The summed E-state index contributed by atoms with van der Waals surface area (Å²) in [5.41, 5.74) is 1.26. The van der Waals surface area contributed by atoms with Crippen LogP contribution in [0.25, 0.3) is 17.0 Å². The normalized spacial score (nSPS) is 11.2. The Kier molecular flexibility index (Phi) is 3.61. The third kappa shape index (κ3) is 2.56. The van der Waals surface area contributed by atoms with Crippen molar-refractivity contribution in [3.05, 3.63) is 38.9 Å². The van der Waals surface area contributed by atoms with Crippen LogP contribution in [-0.2, 0) is 7.05 Å². The number of aromatic amines is 1. The van der Waals surface area contributed by atoms with Crippen molar-refractivity contribution in [1.82, 2.24) is 39.1 Å². The van der Waals surface area contributed by atoms with Crippen LogP contribution in [0.15, 0.2) is 17.1 Å². The second-order valence-electron chi connectivity index (χ2n) is 5.62. The predicted molar refractivity (Wildman–Crippen MR) is 93.6 cm³/mol. The van der Waals surface area contributed by atoms with Crippen molar-refractivity contribution in [2.24, 2.45) is 7.05 Å². The van der Waals surface area contributed by atoms with Gasteiger partial charge in [-0.2, -0.15) is 19.9 Å². The maximum atomic E-state index is 12.5. The standard InChI is InChI=1S/C14H13N9O2S/c1-6-4-9(16-13(25)10-7(2)19-21-26-10)23(20-6)14-17-11-8(12(24)18-14)5-15-22(11)3/h4-5H,1-3H3,(H,16,25)(H,17,18,24). The number of carbonyl (C=O) groups is 1. The molecule has 0 atom stereocenters. The molecule has 0 fully saturated rings. The Labute approximate surface area is 149 Å². The number of hydrogen-bond donors (Lipinski definition) is 2. The van der Waals surface area contributed by atoms with Gasteiger partial charge in [0.2, 0.25) is 5.95 Å². The average Bonchev–Trinajstić information content (AvgIpc) is 3.27. The minimum absolute atomic E-state index is 0.175. The Morgan fingerprint density at radius 1 is 1.35 bits per heavy atom. The zero-order valence-corrected chi connectivity index (χ0v) is 14.8. The number of nitrogens with one attached hydrogen (secondary N) is 2. The number of hydrogen-bond acceptors (Lipinski definition) is 8. The van der Waals surface area contributed by atoms with E-state index in [4.69, 9.17) is 0 Å². The van der Waals surface area contributed by atoms with Crippen LogP contribution < -0.4 is 10.9 Å². The molecule has 11 nitrogen and oxygen atoms in total. The van der Waals surface area contributed by atoms with Crippen LogP contribution in [0.5, 0.6) is 0 Å². The van der Waals surface area contributed by atoms with E-state index in [9.17, 15) is 9.59 Å². The lowest BCUT2D eigenvalue weighted by molar-refractivity contribution is 0.102. The molecule has 1 amide bonds. The van der Waals surface area contributed by atoms with Crippen LogP contribution in [0.3, 0.4) is 0 Å². The minimum atomic E-state index is -0.359. The van der Waals surface area contributed by atoms with Crippen LogP contribution in [0, 0.1) is 13.8 Å². The van der Waals surface area contributed by atoms with Crippen LogP contribution in [0.1, 0.15) is 21.1 Å². The molecule has 4 heterocycles. The number of H-pyrrole nitrogens is 1. The van der Waals surface area contributed by atoms with Gasteiger partial charge in [0, 0.05) is 13.1 Å². The molecule has 12 heteroatoms. The zero-order valence-electron chi connectivity index (χ0n) is 14.0. The number of anilines is 1. The smallest absolute Gasteiger partial charge is 0.270 e. The van der Waals surface area contributed by atoms with Crippen molar-refractivity contribution in [2.45, 2.75) is 13.8 Å². The lowest BCUT2D eigenvalue weighted by atomic mass is 10.3. The SMILES string of the molecule is Cc1cc(NC(=O)c2snnc2C)n(-c2nc3c(cnn3C)c(=O)[nH]2)n1. The molecule has 0 aliphatic rings. The molecule has 2 N–H and O–H groups in total. The third-order valence-corrected chi connectivity index (χ3v) is 4.55. The molecule has 0 aliphatic heterocycles. The summed E-state index contributed by atoms with van der Waals surface area (Å²) in [5.74, 6) is 0.182. The van der Waals surface area contributed by atoms with E-state index in [2.05, 4.69) is 35.1 Å². The first kappa shape index (κ1) is 16.1. The molecule has 0 radical (unpaired) electrons. The highest BCUT2D eigenvalue weighted by molar-refractivity contribution is 7.08. The lowest BCUT2D eigenvalue weighted by Crippen LogP contribution is -2.19. The summed E-state index contributed by atoms with van der Waals surface area (Å²) in [6, 6.07) is 1.68. The Balaban J connectivity index is 1.79. The summed E-state index contributed by atoms with van der Waals surface area (Å²) in [6.07, 6.45) is 1.45. The maximum Gasteiger partial charge on any atom is 0.270 e. The number of rotatable bonds is 3. The summed E-state index contributed by atoms with van der Waals surface area (Å²) in [7, 11) is 1.69. The number of carbonyl (C=O) groups excluding carboxylic acids is 1. The third-order valence-electron chi connectivity index (χ3n) is 3.72. The van der Waals surface area contributed by atoms with Gasteiger partial charge >= 0.3 is 0 Å². The highest BCUT2D eigenvalue weighted by Gasteiger charge is 2.18. The summed E-state index contributed by atoms with van der Waals surface area (Å²) in [4.78, 5) is 32.2. The molecule has 132 valence electrons. The fraction of sp³-hybridized carbons (Fsp3) is 0.214. The Morgan fingerprint density at radius 2 is 2.15 bits per heavy atom. The molecule has 0 aliphatic carbocycles. The topological polar surface area (TPSA) is 136 Å². The van der Waals surface area contributed by atoms with E-state index in [0.717, 1.165) is 11.5 Å². The van der Waals surface area contributed by atoms with Gasteiger partial charge in [0.1, 0.15) is 16.1 Å². The largest absolute Gasteiger partial charge is 0.306 e. The molecule has 0 saturated carbocycles. The second kappa shape index (κ2) is 5.84. The molecular weight excluding hydrogens is 358 g/mol. The second-order valence-corrected chi connectivity index (χ2v) is 6.37. The van der Waals surface area contributed by atoms with Gasteiger partial charge in [-0.1, -0.05) is 4.49 Å². The number of aryl methyl sites for hydroxylation is 3. The van der Waals surface area contributed by atoms with Gasteiger partial charge in [-0.3, -0.25) is 19.3 Å². The number of fused-ring (bicyclic) bond motifs is 1. The van der Waals surface area contributed by atoms with Crippen molar-refractivity contribution in [2.75, 3.05) is 5.32 Å². The molecule has 0 saturated heterocycles. The first-order valence-electron chi connectivity index (χ1n) is 7.53. The van der Waals surface area contributed by atoms with Gasteiger partial charge in [-0.15, -0.1) is 5.10 Å². The van der Waals surface area contributed by atoms with E-state index in [1.807, 2.05) is 0 Å². The number of nitrogens with zero attached hydrogens (tertiary/aromatic N) is 7. The zero-order chi connectivity index (χ0) is 18.4. The van der Waals surface area contributed by atoms with E-state index in [1.165, 1.54) is 15.6 Å². The highest BCUT2D eigenvalue weighted by Crippen LogP contribution is 2.18. The van der Waals surface area contributed by atoms with Crippen molar-refractivity contribution in [3.63, 3.8) is 0 Å². The molecule has 0 spiro atoms. The van der Waals surface area contributed by atoms with Gasteiger partial charge in [0.15, 0.2) is 5.65 Å². The fourth-order valence-corrected chi connectivity index (χ4v) is 3.04. The quantitative estimate of drug-likeness (QED) is 0.537. The van der Waals surface area contributed by atoms with Gasteiger partial charge in [0.05, 0.1) is 17.6 Å². The molecule has 0 unspecified atom stereocenters. The first-order valence-corrected chi connectivity index (χ1v) is 8.31. The van der Waals surface area contributed by atoms with Crippen molar-refractivity contribution < 1.29 is 4.79 Å². The monoisotopic (exact) mass is 371 g/mol. The van der Waals surface area contributed by atoms with E-state index in [-0.39, 0.29) is 17.4 Å². The molecule has 4 aromatic heterocycles. The molecular formula is C14H13N9O2S. The Morgan fingerprint density at radius 3 is 2.88 bits per heavy atom. The summed E-state index contributed by atoms with van der Waals surface area (Å²) >= 11 is 1.00. The van der Waals surface area contributed by atoms with E-state index >= 15 is 0 Å². The molecule has 4 rings (SSSR count). The van der Waals surface area contributed by atoms with Crippen molar-refractivity contribution in [1.29, 1.82) is 0 Å².